The molecule has 0 radical (unpaired) electrons. The molecule has 7 nitrogen and oxygen atoms in total. The monoisotopic (exact) mass is 453 g/mol. The third-order valence-electron chi connectivity index (χ3n) is 7.38. The van der Waals surface area contributed by atoms with Gasteiger partial charge in [-0.25, -0.2) is 4.98 Å². The Balaban J connectivity index is 1.39. The van der Waals surface area contributed by atoms with Crippen molar-refractivity contribution >= 4 is 22.7 Å². The van der Waals surface area contributed by atoms with Crippen LogP contribution in [0.25, 0.3) is 10.9 Å². The van der Waals surface area contributed by atoms with Crippen molar-refractivity contribution in [3.05, 3.63) is 12.1 Å². The fourth-order valence-electron chi connectivity index (χ4n) is 5.48. The van der Waals surface area contributed by atoms with Gasteiger partial charge >= 0.3 is 0 Å². The lowest BCUT2D eigenvalue weighted by molar-refractivity contribution is 0.254. The summed E-state index contributed by atoms with van der Waals surface area (Å²) in [5, 5.41) is 4.78. The van der Waals surface area contributed by atoms with Gasteiger partial charge in [-0.2, -0.15) is 4.98 Å². The van der Waals surface area contributed by atoms with Crippen LogP contribution in [0, 0.1) is 0 Å². The van der Waals surface area contributed by atoms with Crippen LogP contribution in [0.5, 0.6) is 11.5 Å². The number of rotatable bonds is 9. The molecule has 5 rings (SSSR count). The molecule has 2 aliphatic heterocycles. The number of fused-ring (bicyclic) bond motifs is 1. The maximum absolute atomic E-state index is 6.21. The van der Waals surface area contributed by atoms with E-state index in [2.05, 4.69) is 27.2 Å². The number of likely N-dealkylation sites (tertiary alicyclic amines) is 1. The first-order valence-electron chi connectivity index (χ1n) is 13.1. The molecule has 7 heteroatoms. The number of anilines is 2. The first kappa shape index (κ1) is 22.5. The van der Waals surface area contributed by atoms with E-state index in [1.807, 2.05) is 0 Å². The van der Waals surface area contributed by atoms with Crippen LogP contribution in [0.15, 0.2) is 12.1 Å². The molecule has 1 aromatic carbocycles. The van der Waals surface area contributed by atoms with E-state index >= 15 is 0 Å². The molecule has 0 unspecified atom stereocenters. The highest BCUT2D eigenvalue weighted by Gasteiger charge is 2.22. The predicted octanol–water partition coefficient (Wildman–Crippen LogP) is 4.85. The number of nitrogens with one attached hydrogen (secondary N) is 1. The Hall–Kier alpha value is -2.28. The largest absolute Gasteiger partial charge is 0.493 e. The van der Waals surface area contributed by atoms with E-state index in [1.165, 1.54) is 70.9 Å². The Morgan fingerprint density at radius 3 is 2.42 bits per heavy atom. The Morgan fingerprint density at radius 2 is 1.67 bits per heavy atom. The summed E-state index contributed by atoms with van der Waals surface area (Å²) in [6.07, 6.45) is 12.4. The minimum absolute atomic E-state index is 0.482. The number of aromatic nitrogens is 2. The minimum Gasteiger partial charge on any atom is -0.493 e. The average molecular weight is 454 g/mol. The summed E-state index contributed by atoms with van der Waals surface area (Å²) in [5.41, 5.74) is 0.931. The second-order valence-corrected chi connectivity index (χ2v) is 9.82. The molecule has 2 saturated heterocycles. The molecule has 3 fully saturated rings. The van der Waals surface area contributed by atoms with Gasteiger partial charge in [0.25, 0.3) is 0 Å². The van der Waals surface area contributed by atoms with E-state index in [0.29, 0.717) is 12.6 Å². The summed E-state index contributed by atoms with van der Waals surface area (Å²) in [4.78, 5) is 14.8. The van der Waals surface area contributed by atoms with E-state index in [9.17, 15) is 0 Å². The van der Waals surface area contributed by atoms with E-state index < -0.39 is 0 Å². The maximum Gasteiger partial charge on any atom is 0.227 e. The van der Waals surface area contributed by atoms with Crippen molar-refractivity contribution in [3.8, 4) is 11.5 Å². The van der Waals surface area contributed by atoms with Gasteiger partial charge in [0, 0.05) is 37.1 Å². The van der Waals surface area contributed by atoms with E-state index in [-0.39, 0.29) is 0 Å². The van der Waals surface area contributed by atoms with Crippen LogP contribution >= 0.6 is 0 Å². The Morgan fingerprint density at radius 1 is 0.909 bits per heavy atom. The van der Waals surface area contributed by atoms with Crippen LogP contribution in [-0.4, -0.2) is 67.4 Å². The van der Waals surface area contributed by atoms with Crippen molar-refractivity contribution in [2.45, 2.75) is 70.3 Å². The van der Waals surface area contributed by atoms with Gasteiger partial charge < -0.3 is 24.6 Å². The molecule has 180 valence electrons. The van der Waals surface area contributed by atoms with E-state index in [4.69, 9.17) is 19.4 Å². The summed E-state index contributed by atoms with van der Waals surface area (Å²) in [5.74, 6) is 3.31. The van der Waals surface area contributed by atoms with Crippen molar-refractivity contribution in [1.29, 1.82) is 0 Å². The molecular formula is C26H39N5O2. The molecule has 1 N–H and O–H groups in total. The Kier molecular flexibility index (Phi) is 7.34. The zero-order chi connectivity index (χ0) is 22.5. The molecule has 3 heterocycles. The lowest BCUT2D eigenvalue weighted by Crippen LogP contribution is -2.25. The van der Waals surface area contributed by atoms with Gasteiger partial charge in [-0.15, -0.1) is 0 Å². The quantitative estimate of drug-likeness (QED) is 0.545. The number of methoxy groups -OCH3 is 1. The molecule has 1 aromatic heterocycles. The van der Waals surface area contributed by atoms with Crippen LogP contribution in [0.1, 0.15) is 64.2 Å². The van der Waals surface area contributed by atoms with E-state index in [1.54, 1.807) is 7.11 Å². The van der Waals surface area contributed by atoms with Crippen molar-refractivity contribution < 1.29 is 9.47 Å². The average Bonchev–Trinajstić information content (AvgIpc) is 3.56. The van der Waals surface area contributed by atoms with E-state index in [0.717, 1.165) is 60.2 Å². The fourth-order valence-corrected chi connectivity index (χ4v) is 5.48. The van der Waals surface area contributed by atoms with Crippen LogP contribution in [-0.2, 0) is 0 Å². The number of benzene rings is 1. The lowest BCUT2D eigenvalue weighted by atomic mass is 9.95. The predicted molar refractivity (Wildman–Crippen MR) is 134 cm³/mol. The van der Waals surface area contributed by atoms with Crippen LogP contribution in [0.4, 0.5) is 11.8 Å². The molecule has 0 spiro atoms. The van der Waals surface area contributed by atoms with Crippen molar-refractivity contribution in [1.82, 2.24) is 14.9 Å². The lowest BCUT2D eigenvalue weighted by Gasteiger charge is -2.25. The summed E-state index contributed by atoms with van der Waals surface area (Å²) < 4.78 is 11.9. The minimum atomic E-state index is 0.482. The number of hydrogen-bond donors (Lipinski definition) is 1. The third-order valence-corrected chi connectivity index (χ3v) is 7.38. The second-order valence-electron chi connectivity index (χ2n) is 9.82. The standard InChI is InChI=1S/C26H39N5O2/c1-32-23-18-21-22(19-24(23)33-17-9-14-30-12-5-6-13-30)28-26(31-15-7-8-16-31)29-25(21)27-20-10-3-2-4-11-20/h18-20H,2-17H2,1H3,(H,27,28,29). The topological polar surface area (TPSA) is 62.8 Å². The van der Waals surface area contributed by atoms with Crippen molar-refractivity contribution in [2.75, 3.05) is 56.7 Å². The summed E-state index contributed by atoms with van der Waals surface area (Å²) in [7, 11) is 1.71. The Bertz CT molecular complexity index is 919. The summed E-state index contributed by atoms with van der Waals surface area (Å²) in [6, 6.07) is 4.59. The molecule has 33 heavy (non-hydrogen) atoms. The van der Waals surface area contributed by atoms with Crippen molar-refractivity contribution in [2.24, 2.45) is 0 Å². The number of nitrogens with zero attached hydrogens (tertiary/aromatic N) is 4. The van der Waals surface area contributed by atoms with Gasteiger partial charge in [0.15, 0.2) is 11.5 Å². The van der Waals surface area contributed by atoms with Gasteiger partial charge in [0.05, 0.1) is 19.2 Å². The SMILES string of the molecule is COc1cc2c(NC3CCCCC3)nc(N3CCCC3)nc2cc1OCCCN1CCCC1. The van der Waals surface area contributed by atoms with Crippen LogP contribution in [0.3, 0.4) is 0 Å². The number of hydrogen-bond acceptors (Lipinski definition) is 7. The highest BCUT2D eigenvalue weighted by molar-refractivity contribution is 5.93. The molecule has 1 saturated carbocycles. The maximum atomic E-state index is 6.21. The third kappa shape index (κ3) is 5.45. The van der Waals surface area contributed by atoms with Crippen LogP contribution in [0.2, 0.25) is 0 Å². The number of ether oxygens (including phenoxy) is 2. The molecular weight excluding hydrogens is 414 g/mol. The molecule has 3 aliphatic rings. The molecule has 0 bridgehead atoms. The van der Waals surface area contributed by atoms with Gasteiger partial charge in [0.2, 0.25) is 5.95 Å². The summed E-state index contributed by atoms with van der Waals surface area (Å²) in [6.45, 7) is 6.32. The first-order chi connectivity index (χ1) is 16.3. The smallest absolute Gasteiger partial charge is 0.227 e. The first-order valence-corrected chi connectivity index (χ1v) is 13.1. The Labute approximate surface area is 197 Å². The molecule has 1 aliphatic carbocycles. The molecule has 0 amide bonds. The van der Waals surface area contributed by atoms with Crippen molar-refractivity contribution in [3.63, 3.8) is 0 Å². The van der Waals surface area contributed by atoms with Gasteiger partial charge in [-0.1, -0.05) is 19.3 Å². The zero-order valence-electron chi connectivity index (χ0n) is 20.2. The van der Waals surface area contributed by atoms with Gasteiger partial charge in [-0.05, 0) is 64.1 Å². The summed E-state index contributed by atoms with van der Waals surface area (Å²) >= 11 is 0. The zero-order valence-corrected chi connectivity index (χ0v) is 20.2. The van der Waals surface area contributed by atoms with Gasteiger partial charge in [0.1, 0.15) is 5.82 Å². The van der Waals surface area contributed by atoms with Crippen LogP contribution < -0.4 is 19.7 Å². The highest BCUT2D eigenvalue weighted by Crippen LogP contribution is 2.36. The second kappa shape index (κ2) is 10.8. The highest BCUT2D eigenvalue weighted by atomic mass is 16.5. The normalized spacial score (nSPS) is 20.0. The molecule has 2 aromatic rings. The van der Waals surface area contributed by atoms with Gasteiger partial charge in [-0.3, -0.25) is 0 Å². The fraction of sp³-hybridized carbons (Fsp3) is 0.692. The molecule has 0 atom stereocenters.